The van der Waals surface area contributed by atoms with Crippen molar-refractivity contribution >= 4 is 48.9 Å². The molecule has 10 nitrogen and oxygen atoms in total. The minimum Gasteiger partial charge on any atom is -0.495 e. The first-order valence-corrected chi connectivity index (χ1v) is 12.5. The molecule has 1 aliphatic heterocycles. The molecule has 0 atom stereocenters. The molecule has 172 valence electrons. The van der Waals surface area contributed by atoms with Crippen LogP contribution in [-0.2, 0) is 29.6 Å². The van der Waals surface area contributed by atoms with Gasteiger partial charge in [0.1, 0.15) is 10.6 Å². The smallest absolute Gasteiger partial charge is 0.265 e. The number of carbonyl (C=O) groups is 2. The average Bonchev–Trinajstić information content (AvgIpc) is 2.84. The molecule has 0 radical (unpaired) electrons. The van der Waals surface area contributed by atoms with Crippen molar-refractivity contribution in [3.63, 3.8) is 0 Å². The van der Waals surface area contributed by atoms with Crippen molar-refractivity contribution < 1.29 is 31.2 Å². The molecule has 12 heteroatoms. The maximum absolute atomic E-state index is 13.1. The van der Waals surface area contributed by atoms with E-state index in [1.54, 1.807) is 0 Å². The van der Waals surface area contributed by atoms with Crippen molar-refractivity contribution in [1.82, 2.24) is 0 Å². The molecule has 2 N–H and O–H groups in total. The second-order valence-corrected chi connectivity index (χ2v) is 11.4. The number of nitrogens with zero attached hydrogens (tertiary/aromatic N) is 1. The zero-order valence-electron chi connectivity index (χ0n) is 17.9. The quantitative estimate of drug-likeness (QED) is 0.644. The Balaban J connectivity index is 2.00. The Morgan fingerprint density at radius 1 is 1.09 bits per heavy atom. The molecular weight excluding hydrogens is 458 g/mol. The van der Waals surface area contributed by atoms with Crippen molar-refractivity contribution in [3.05, 3.63) is 42.5 Å². The minimum absolute atomic E-state index is 0.0283. The predicted molar refractivity (Wildman–Crippen MR) is 120 cm³/mol. The van der Waals surface area contributed by atoms with E-state index >= 15 is 0 Å². The molecule has 0 bridgehead atoms. The van der Waals surface area contributed by atoms with E-state index in [2.05, 4.69) is 10.0 Å². The normalized spacial score (nSPS) is 17.1. The summed E-state index contributed by atoms with van der Waals surface area (Å²) in [7, 11) is -6.91. The molecule has 0 aromatic heterocycles. The largest absolute Gasteiger partial charge is 0.495 e. The zero-order valence-corrected chi connectivity index (χ0v) is 19.5. The summed E-state index contributed by atoms with van der Waals surface area (Å²) in [5, 5.41) is 2.57. The Kier molecular flexibility index (Phi) is 5.96. The number of hydrogen-bond donors (Lipinski definition) is 2. The Bertz CT molecular complexity index is 1280. The summed E-state index contributed by atoms with van der Waals surface area (Å²) in [4.78, 5) is 23.5. The third-order valence-corrected chi connectivity index (χ3v) is 8.14. The summed E-state index contributed by atoms with van der Waals surface area (Å²) in [6.07, 6.45) is 0. The number of ether oxygens (including phenoxy) is 1. The lowest BCUT2D eigenvalue weighted by Crippen LogP contribution is -2.33. The van der Waals surface area contributed by atoms with Crippen LogP contribution in [0, 0.1) is 5.41 Å². The molecule has 0 aliphatic carbocycles. The maximum atomic E-state index is 13.1. The topological polar surface area (TPSA) is 139 Å². The highest BCUT2D eigenvalue weighted by atomic mass is 32.2. The molecule has 32 heavy (non-hydrogen) atoms. The van der Waals surface area contributed by atoms with Gasteiger partial charge in [0.15, 0.2) is 0 Å². The molecule has 2 aromatic rings. The summed E-state index contributed by atoms with van der Waals surface area (Å²) in [6, 6.07) is 9.64. The monoisotopic (exact) mass is 481 g/mol. The fourth-order valence-electron chi connectivity index (χ4n) is 3.30. The minimum atomic E-state index is -4.22. The van der Waals surface area contributed by atoms with Gasteiger partial charge in [-0.1, -0.05) is 0 Å². The highest BCUT2D eigenvalue weighted by molar-refractivity contribution is 7.94. The average molecular weight is 482 g/mol. The fourth-order valence-corrected chi connectivity index (χ4v) is 6.65. The standard InChI is InChI=1S/C20H23N3O7S2/c1-13(24)21-14-5-7-15(8-6-14)22-32(28,29)18-11-16(9-10-17(18)30-4)23-19(25)20(2,3)12-31(23,26)27/h5-11,22H,12H2,1-4H3,(H,21,24). The van der Waals surface area contributed by atoms with E-state index in [-0.39, 0.29) is 33.7 Å². The SMILES string of the molecule is COc1ccc(N2C(=O)C(C)(C)CS2(=O)=O)cc1S(=O)(=O)Nc1ccc(NC(C)=O)cc1. The molecule has 3 rings (SSSR count). The van der Waals surface area contributed by atoms with E-state index < -0.39 is 31.4 Å². The van der Waals surface area contributed by atoms with E-state index in [0.29, 0.717) is 9.99 Å². The Morgan fingerprint density at radius 2 is 1.69 bits per heavy atom. The summed E-state index contributed by atoms with van der Waals surface area (Å²) < 4.78 is 59.5. The first-order valence-electron chi connectivity index (χ1n) is 9.43. The van der Waals surface area contributed by atoms with E-state index in [1.165, 1.54) is 64.3 Å². The van der Waals surface area contributed by atoms with Gasteiger partial charge < -0.3 is 10.1 Å². The van der Waals surface area contributed by atoms with Gasteiger partial charge in [-0.2, -0.15) is 0 Å². The molecule has 1 heterocycles. The van der Waals surface area contributed by atoms with Gasteiger partial charge in [-0.15, -0.1) is 0 Å². The Hall–Kier alpha value is -3.12. The van der Waals surface area contributed by atoms with Crippen LogP contribution in [0.4, 0.5) is 17.1 Å². The Labute approximate surface area is 186 Å². The lowest BCUT2D eigenvalue weighted by atomic mass is 9.95. The van der Waals surface area contributed by atoms with Gasteiger partial charge in [0.2, 0.25) is 21.8 Å². The number of benzene rings is 2. The molecule has 0 saturated carbocycles. The van der Waals surface area contributed by atoms with Crippen molar-refractivity contribution in [2.45, 2.75) is 25.7 Å². The predicted octanol–water partition coefficient (Wildman–Crippen LogP) is 2.16. The van der Waals surface area contributed by atoms with E-state index in [9.17, 15) is 26.4 Å². The number of methoxy groups -OCH3 is 1. The fraction of sp³-hybridized carbons (Fsp3) is 0.300. The van der Waals surface area contributed by atoms with Gasteiger partial charge in [0.25, 0.3) is 10.0 Å². The molecule has 0 spiro atoms. The van der Waals surface area contributed by atoms with Gasteiger partial charge in [-0.05, 0) is 56.3 Å². The van der Waals surface area contributed by atoms with Crippen LogP contribution >= 0.6 is 0 Å². The van der Waals surface area contributed by atoms with Crippen LogP contribution in [0.3, 0.4) is 0 Å². The van der Waals surface area contributed by atoms with Crippen LogP contribution in [0.15, 0.2) is 47.4 Å². The number of anilines is 3. The van der Waals surface area contributed by atoms with Crippen molar-refractivity contribution in [1.29, 1.82) is 0 Å². The lowest BCUT2D eigenvalue weighted by molar-refractivity contribution is -0.123. The Morgan fingerprint density at radius 3 is 2.19 bits per heavy atom. The van der Waals surface area contributed by atoms with Crippen LogP contribution in [0.1, 0.15) is 20.8 Å². The molecule has 1 saturated heterocycles. The van der Waals surface area contributed by atoms with Crippen LogP contribution in [0.25, 0.3) is 0 Å². The first-order chi connectivity index (χ1) is 14.8. The van der Waals surface area contributed by atoms with E-state index in [1.807, 2.05) is 0 Å². The van der Waals surface area contributed by atoms with Crippen LogP contribution in [-0.4, -0.2) is 41.5 Å². The molecular formula is C20H23N3O7S2. The number of sulfonamides is 2. The third kappa shape index (κ3) is 4.55. The number of carbonyl (C=O) groups excluding carboxylic acids is 2. The van der Waals surface area contributed by atoms with Gasteiger partial charge in [0.05, 0.1) is 24.0 Å². The van der Waals surface area contributed by atoms with Crippen LogP contribution < -0.4 is 19.1 Å². The molecule has 0 unspecified atom stereocenters. The lowest BCUT2D eigenvalue weighted by Gasteiger charge is -2.19. The second kappa shape index (κ2) is 8.10. The summed E-state index contributed by atoms with van der Waals surface area (Å²) in [5.41, 5.74) is -0.535. The van der Waals surface area contributed by atoms with E-state index in [0.717, 1.165) is 6.07 Å². The number of nitrogens with one attached hydrogen (secondary N) is 2. The zero-order chi connectivity index (χ0) is 23.9. The van der Waals surface area contributed by atoms with E-state index in [4.69, 9.17) is 4.74 Å². The van der Waals surface area contributed by atoms with Crippen LogP contribution in [0.5, 0.6) is 5.75 Å². The van der Waals surface area contributed by atoms with Crippen molar-refractivity contribution in [2.24, 2.45) is 5.41 Å². The molecule has 2 aromatic carbocycles. The van der Waals surface area contributed by atoms with Gasteiger partial charge in [-0.3, -0.25) is 14.3 Å². The highest BCUT2D eigenvalue weighted by Crippen LogP contribution is 2.38. The first kappa shape index (κ1) is 23.5. The second-order valence-electron chi connectivity index (χ2n) is 7.91. The summed E-state index contributed by atoms with van der Waals surface area (Å²) in [5.74, 6) is -1.33. The van der Waals surface area contributed by atoms with Crippen LogP contribution in [0.2, 0.25) is 0 Å². The van der Waals surface area contributed by atoms with Gasteiger partial charge in [-0.25, -0.2) is 21.1 Å². The number of rotatable bonds is 6. The molecule has 2 amide bonds. The highest BCUT2D eigenvalue weighted by Gasteiger charge is 2.50. The maximum Gasteiger partial charge on any atom is 0.265 e. The number of hydrogen-bond acceptors (Lipinski definition) is 7. The van der Waals surface area contributed by atoms with Gasteiger partial charge >= 0.3 is 0 Å². The molecule has 1 fully saturated rings. The summed E-state index contributed by atoms with van der Waals surface area (Å²) in [6.45, 7) is 4.38. The third-order valence-electron chi connectivity index (χ3n) is 4.71. The van der Waals surface area contributed by atoms with Crippen molar-refractivity contribution in [2.75, 3.05) is 27.2 Å². The van der Waals surface area contributed by atoms with Gasteiger partial charge in [0, 0.05) is 18.3 Å². The van der Waals surface area contributed by atoms with Crippen molar-refractivity contribution in [3.8, 4) is 5.75 Å². The molecule has 1 aliphatic rings. The number of amides is 2. The summed E-state index contributed by atoms with van der Waals surface area (Å²) >= 11 is 0.